The fourth-order valence-corrected chi connectivity index (χ4v) is 2.48. The second-order valence-electron chi connectivity index (χ2n) is 4.59. The summed E-state index contributed by atoms with van der Waals surface area (Å²) in [5.41, 5.74) is 11.2. The first-order valence-electron chi connectivity index (χ1n) is 5.95. The second-order valence-corrected chi connectivity index (χ2v) is 4.59. The van der Waals surface area contributed by atoms with Crippen molar-refractivity contribution in [3.8, 4) is 0 Å². The third-order valence-corrected chi connectivity index (χ3v) is 3.19. The molecule has 1 saturated carbocycles. The van der Waals surface area contributed by atoms with Gasteiger partial charge in [-0.05, 0) is 19.8 Å². The molecule has 0 bridgehead atoms. The Labute approximate surface area is 100 Å². The van der Waals surface area contributed by atoms with Crippen molar-refractivity contribution in [2.45, 2.75) is 38.6 Å². The average molecular weight is 237 g/mol. The molecule has 1 fully saturated rings. The highest BCUT2D eigenvalue weighted by molar-refractivity contribution is 5.80. The van der Waals surface area contributed by atoms with Crippen molar-refractivity contribution in [1.29, 1.82) is 0 Å². The molecule has 0 aromatic carbocycles. The number of nitrogens with zero attached hydrogens (tertiary/aromatic N) is 2. The SMILES string of the molecule is Cc1nc(N(CC(N)=O)C2CCCC2)c(N)[nH]1. The molecule has 6 heteroatoms. The maximum Gasteiger partial charge on any atom is 0.237 e. The van der Waals surface area contributed by atoms with Crippen molar-refractivity contribution < 1.29 is 4.79 Å². The molecule has 94 valence electrons. The monoisotopic (exact) mass is 237 g/mol. The lowest BCUT2D eigenvalue weighted by molar-refractivity contribution is -0.116. The first-order chi connectivity index (χ1) is 8.08. The van der Waals surface area contributed by atoms with Crippen molar-refractivity contribution in [3.05, 3.63) is 5.82 Å². The number of H-pyrrole nitrogens is 1. The highest BCUT2D eigenvalue weighted by Crippen LogP contribution is 2.29. The Hall–Kier alpha value is -1.72. The maximum absolute atomic E-state index is 11.2. The van der Waals surface area contributed by atoms with E-state index >= 15 is 0 Å². The minimum Gasteiger partial charge on any atom is -0.382 e. The van der Waals surface area contributed by atoms with Gasteiger partial charge in [0, 0.05) is 6.04 Å². The number of imidazole rings is 1. The molecule has 1 aromatic heterocycles. The number of nitrogen functional groups attached to an aromatic ring is 1. The summed E-state index contributed by atoms with van der Waals surface area (Å²) in [6.45, 7) is 2.02. The van der Waals surface area contributed by atoms with Crippen LogP contribution in [0.4, 0.5) is 11.6 Å². The summed E-state index contributed by atoms with van der Waals surface area (Å²) in [7, 11) is 0. The number of carbonyl (C=O) groups is 1. The van der Waals surface area contributed by atoms with Gasteiger partial charge in [0.25, 0.3) is 0 Å². The topological polar surface area (TPSA) is 101 Å². The molecule has 6 nitrogen and oxygen atoms in total. The number of aromatic nitrogens is 2. The average Bonchev–Trinajstić information content (AvgIpc) is 2.84. The van der Waals surface area contributed by atoms with E-state index in [4.69, 9.17) is 11.5 Å². The van der Waals surface area contributed by atoms with Gasteiger partial charge in [0.05, 0.1) is 6.54 Å². The zero-order valence-corrected chi connectivity index (χ0v) is 10.1. The van der Waals surface area contributed by atoms with Crippen LogP contribution in [0.3, 0.4) is 0 Å². The van der Waals surface area contributed by atoms with Crippen molar-refractivity contribution >= 4 is 17.5 Å². The van der Waals surface area contributed by atoms with Gasteiger partial charge in [-0.2, -0.15) is 0 Å². The van der Waals surface area contributed by atoms with Gasteiger partial charge in [-0.25, -0.2) is 4.98 Å². The highest BCUT2D eigenvalue weighted by atomic mass is 16.1. The first kappa shape index (κ1) is 11.8. The number of nitrogens with two attached hydrogens (primary N) is 2. The van der Waals surface area contributed by atoms with Gasteiger partial charge in [0.2, 0.25) is 5.91 Å². The van der Waals surface area contributed by atoms with Crippen LogP contribution in [0.2, 0.25) is 0 Å². The number of carbonyl (C=O) groups excluding carboxylic acids is 1. The molecule has 1 aliphatic carbocycles. The van der Waals surface area contributed by atoms with Gasteiger partial charge >= 0.3 is 0 Å². The van der Waals surface area contributed by atoms with E-state index in [9.17, 15) is 4.79 Å². The lowest BCUT2D eigenvalue weighted by Gasteiger charge is -2.28. The van der Waals surface area contributed by atoms with Crippen LogP contribution in [0.5, 0.6) is 0 Å². The molecule has 1 aromatic rings. The van der Waals surface area contributed by atoms with E-state index in [1.54, 1.807) is 0 Å². The van der Waals surface area contributed by atoms with Crippen LogP contribution in [0.1, 0.15) is 31.5 Å². The molecule has 1 heterocycles. The van der Waals surface area contributed by atoms with Crippen LogP contribution >= 0.6 is 0 Å². The number of aromatic amines is 1. The molecular weight excluding hydrogens is 218 g/mol. The number of primary amides is 1. The van der Waals surface area contributed by atoms with E-state index in [0.29, 0.717) is 17.7 Å². The molecule has 5 N–H and O–H groups in total. The van der Waals surface area contributed by atoms with E-state index in [0.717, 1.165) is 18.7 Å². The molecule has 0 unspecified atom stereocenters. The van der Waals surface area contributed by atoms with Crippen LogP contribution < -0.4 is 16.4 Å². The zero-order chi connectivity index (χ0) is 12.4. The summed E-state index contributed by atoms with van der Waals surface area (Å²) in [6, 6.07) is 0.326. The third kappa shape index (κ3) is 2.51. The van der Waals surface area contributed by atoms with Gasteiger partial charge in [-0.3, -0.25) is 4.79 Å². The molecule has 1 aliphatic rings. The van der Waals surface area contributed by atoms with E-state index in [1.165, 1.54) is 12.8 Å². The smallest absolute Gasteiger partial charge is 0.237 e. The molecule has 0 saturated heterocycles. The number of amides is 1. The van der Waals surface area contributed by atoms with Crippen LogP contribution in [-0.4, -0.2) is 28.5 Å². The Morgan fingerprint density at radius 3 is 2.65 bits per heavy atom. The van der Waals surface area contributed by atoms with E-state index in [2.05, 4.69) is 9.97 Å². The van der Waals surface area contributed by atoms with Gasteiger partial charge in [0.15, 0.2) is 5.82 Å². The number of anilines is 2. The largest absolute Gasteiger partial charge is 0.382 e. The predicted octanol–water partition coefficient (Wildman–Crippen LogP) is 0.535. The van der Waals surface area contributed by atoms with Gasteiger partial charge in [-0.15, -0.1) is 0 Å². The molecule has 1 amide bonds. The van der Waals surface area contributed by atoms with Crippen molar-refractivity contribution in [2.24, 2.45) is 5.73 Å². The maximum atomic E-state index is 11.2. The van der Waals surface area contributed by atoms with Crippen LogP contribution in [0.25, 0.3) is 0 Å². The normalized spacial score (nSPS) is 16.3. The van der Waals surface area contributed by atoms with Crippen molar-refractivity contribution in [3.63, 3.8) is 0 Å². The Morgan fingerprint density at radius 1 is 1.53 bits per heavy atom. The Balaban J connectivity index is 2.25. The summed E-state index contributed by atoms with van der Waals surface area (Å²) >= 11 is 0. The van der Waals surface area contributed by atoms with Gasteiger partial charge in [-0.1, -0.05) is 12.8 Å². The molecular formula is C11H19N5O. The number of nitrogens with one attached hydrogen (secondary N) is 1. The standard InChI is InChI=1S/C11H19N5O/c1-7-14-10(13)11(15-7)16(6-9(12)17)8-4-2-3-5-8/h8H,2-6,13H2,1H3,(H2,12,17)(H,14,15). The van der Waals surface area contributed by atoms with Gasteiger partial charge in [0.1, 0.15) is 11.6 Å². The van der Waals surface area contributed by atoms with Crippen LogP contribution in [0, 0.1) is 6.92 Å². The van der Waals surface area contributed by atoms with Crippen molar-refractivity contribution in [2.75, 3.05) is 17.2 Å². The number of rotatable bonds is 4. The lowest BCUT2D eigenvalue weighted by Crippen LogP contribution is -2.40. The molecule has 0 spiro atoms. The number of hydrogen-bond acceptors (Lipinski definition) is 4. The van der Waals surface area contributed by atoms with Crippen molar-refractivity contribution in [1.82, 2.24) is 9.97 Å². The quantitative estimate of drug-likeness (QED) is 0.711. The molecule has 0 radical (unpaired) electrons. The van der Waals surface area contributed by atoms with E-state index in [1.807, 2.05) is 11.8 Å². The molecule has 17 heavy (non-hydrogen) atoms. The number of hydrogen-bond donors (Lipinski definition) is 3. The summed E-state index contributed by atoms with van der Waals surface area (Å²) < 4.78 is 0. The minimum atomic E-state index is -0.350. The Bertz CT molecular complexity index is 408. The lowest BCUT2D eigenvalue weighted by atomic mass is 10.2. The molecule has 2 rings (SSSR count). The Kier molecular flexibility index (Phi) is 3.21. The van der Waals surface area contributed by atoms with Crippen LogP contribution in [0.15, 0.2) is 0 Å². The van der Waals surface area contributed by atoms with Crippen LogP contribution in [-0.2, 0) is 4.79 Å². The Morgan fingerprint density at radius 2 is 2.18 bits per heavy atom. The summed E-state index contributed by atoms with van der Waals surface area (Å²) in [4.78, 5) is 20.4. The minimum absolute atomic E-state index is 0.180. The fraction of sp³-hybridized carbons (Fsp3) is 0.636. The zero-order valence-electron chi connectivity index (χ0n) is 10.1. The fourth-order valence-electron chi connectivity index (χ4n) is 2.48. The first-order valence-corrected chi connectivity index (χ1v) is 5.95. The summed E-state index contributed by atoms with van der Waals surface area (Å²) in [6.07, 6.45) is 4.50. The summed E-state index contributed by atoms with van der Waals surface area (Å²) in [5.74, 6) is 1.57. The molecule has 0 atom stereocenters. The van der Waals surface area contributed by atoms with E-state index < -0.39 is 0 Å². The molecule has 0 aliphatic heterocycles. The van der Waals surface area contributed by atoms with E-state index in [-0.39, 0.29) is 12.5 Å². The highest BCUT2D eigenvalue weighted by Gasteiger charge is 2.27. The predicted molar refractivity (Wildman–Crippen MR) is 66.5 cm³/mol. The second kappa shape index (κ2) is 4.65. The third-order valence-electron chi connectivity index (χ3n) is 3.19. The van der Waals surface area contributed by atoms with Gasteiger partial charge < -0.3 is 21.4 Å². The summed E-state index contributed by atoms with van der Waals surface area (Å²) in [5, 5.41) is 0. The number of aryl methyl sites for hydroxylation is 1.